The van der Waals surface area contributed by atoms with E-state index >= 15 is 4.39 Å². The van der Waals surface area contributed by atoms with Crippen LogP contribution in [0.15, 0.2) is 35.7 Å². The minimum Gasteiger partial charge on any atom is -0.347 e. The second kappa shape index (κ2) is 10.4. The van der Waals surface area contributed by atoms with Crippen LogP contribution in [0.4, 0.5) is 4.39 Å². The van der Waals surface area contributed by atoms with Crippen molar-refractivity contribution in [3.8, 4) is 0 Å². The van der Waals surface area contributed by atoms with Crippen molar-refractivity contribution in [1.29, 1.82) is 0 Å². The monoisotopic (exact) mass is 538 g/mol. The van der Waals surface area contributed by atoms with Crippen molar-refractivity contribution in [1.82, 2.24) is 10.2 Å². The highest BCUT2D eigenvalue weighted by atomic mass is 35.5. The van der Waals surface area contributed by atoms with Gasteiger partial charge in [-0.2, -0.15) is 0 Å². The van der Waals surface area contributed by atoms with E-state index in [1.54, 1.807) is 11.8 Å². The van der Waals surface area contributed by atoms with Gasteiger partial charge in [0.1, 0.15) is 0 Å². The zero-order valence-electron chi connectivity index (χ0n) is 21.0. The van der Waals surface area contributed by atoms with Crippen molar-refractivity contribution in [3.05, 3.63) is 46.3 Å². The summed E-state index contributed by atoms with van der Waals surface area (Å²) < 4.78 is 38.1. The molecule has 6 nitrogen and oxygen atoms in total. The van der Waals surface area contributed by atoms with Crippen molar-refractivity contribution >= 4 is 33.3 Å². The molecule has 2 aliphatic carbocycles. The summed E-state index contributed by atoms with van der Waals surface area (Å²) in [4.78, 5) is 28.0. The fourth-order valence-electron chi connectivity index (χ4n) is 6.09. The number of benzene rings is 1. The number of nitrogens with one attached hydrogen (secondary N) is 1. The smallest absolute Gasteiger partial charge is 0.258 e. The second-order valence-corrected chi connectivity index (χ2v) is 13.4. The van der Waals surface area contributed by atoms with E-state index in [0.717, 1.165) is 36.5 Å². The molecule has 3 fully saturated rings. The quantitative estimate of drug-likeness (QED) is 0.564. The zero-order valence-corrected chi connectivity index (χ0v) is 22.6. The summed E-state index contributed by atoms with van der Waals surface area (Å²) in [6.07, 6.45) is 8.65. The first-order chi connectivity index (χ1) is 16.9. The van der Waals surface area contributed by atoms with E-state index < -0.39 is 27.5 Å². The van der Waals surface area contributed by atoms with Gasteiger partial charge in [0.25, 0.3) is 5.91 Å². The Labute approximate surface area is 218 Å². The van der Waals surface area contributed by atoms with E-state index in [9.17, 15) is 18.0 Å². The van der Waals surface area contributed by atoms with Gasteiger partial charge in [0, 0.05) is 54.6 Å². The lowest BCUT2D eigenvalue weighted by molar-refractivity contribution is -0.146. The maximum atomic E-state index is 15.5. The Balaban J connectivity index is 1.41. The molecule has 0 bridgehead atoms. The number of amides is 2. The molecule has 198 valence electrons. The topological polar surface area (TPSA) is 83.6 Å². The maximum absolute atomic E-state index is 15.5. The summed E-state index contributed by atoms with van der Waals surface area (Å²) in [5.74, 6) is -0.888. The van der Waals surface area contributed by atoms with Crippen LogP contribution in [-0.2, 0) is 19.4 Å². The van der Waals surface area contributed by atoms with Crippen molar-refractivity contribution in [2.24, 2.45) is 11.3 Å². The molecule has 4 rings (SSSR count). The van der Waals surface area contributed by atoms with Gasteiger partial charge in [0.05, 0.1) is 0 Å². The highest BCUT2D eigenvalue weighted by Gasteiger charge is 2.49. The standard InChI is InChI=1S/C27H36ClFN2O4S/c1-19(9-17-36(2,34)35)30-25(33)27(29)13-15-31(16-14-27)24(32)21-8-12-26(10-5-11-26)18-22(21)20-6-3-4-7-23(20)28/h3-4,6-7,9,17,19,21-22H,5,8,10-16,18H2,1-2H3,(H,30,33)/b17-9-/t19-,21-,22+/m1/s1. The van der Waals surface area contributed by atoms with E-state index in [-0.39, 0.29) is 43.7 Å². The van der Waals surface area contributed by atoms with Gasteiger partial charge in [-0.15, -0.1) is 0 Å². The number of rotatable bonds is 6. The molecule has 1 aliphatic heterocycles. The van der Waals surface area contributed by atoms with Crippen LogP contribution in [0.2, 0.25) is 5.02 Å². The lowest BCUT2D eigenvalue weighted by Gasteiger charge is -2.51. The van der Waals surface area contributed by atoms with Crippen LogP contribution in [-0.4, -0.2) is 56.2 Å². The maximum Gasteiger partial charge on any atom is 0.258 e. The van der Waals surface area contributed by atoms with Gasteiger partial charge in [-0.05, 0) is 62.0 Å². The third-order valence-electron chi connectivity index (χ3n) is 8.41. The number of hydrogen-bond acceptors (Lipinski definition) is 4. The molecule has 2 saturated carbocycles. The average Bonchev–Trinajstić information content (AvgIpc) is 2.81. The van der Waals surface area contributed by atoms with Crippen LogP contribution in [0.1, 0.15) is 69.8 Å². The number of halogens is 2. The Morgan fingerprint density at radius 2 is 1.83 bits per heavy atom. The fraction of sp³-hybridized carbons (Fsp3) is 0.630. The van der Waals surface area contributed by atoms with Crippen LogP contribution in [0, 0.1) is 11.3 Å². The zero-order chi connectivity index (χ0) is 26.1. The predicted molar refractivity (Wildman–Crippen MR) is 139 cm³/mol. The van der Waals surface area contributed by atoms with Crippen LogP contribution in [0.5, 0.6) is 0 Å². The van der Waals surface area contributed by atoms with Crippen LogP contribution >= 0.6 is 11.6 Å². The summed E-state index contributed by atoms with van der Waals surface area (Å²) in [6.45, 7) is 1.94. The summed E-state index contributed by atoms with van der Waals surface area (Å²) in [7, 11) is -3.33. The van der Waals surface area contributed by atoms with Crippen LogP contribution in [0.3, 0.4) is 0 Å². The number of piperidine rings is 1. The molecule has 1 spiro atoms. The Morgan fingerprint density at radius 1 is 1.17 bits per heavy atom. The van der Waals surface area contributed by atoms with Crippen LogP contribution in [0.25, 0.3) is 0 Å². The summed E-state index contributed by atoms with van der Waals surface area (Å²) in [6, 6.07) is 7.14. The highest BCUT2D eigenvalue weighted by molar-refractivity contribution is 7.93. The average molecular weight is 539 g/mol. The molecule has 1 N–H and O–H groups in total. The molecule has 1 aromatic rings. The third-order valence-corrected chi connectivity index (χ3v) is 9.40. The van der Waals surface area contributed by atoms with Gasteiger partial charge in [-0.25, -0.2) is 12.8 Å². The Bertz CT molecular complexity index is 1130. The molecule has 0 unspecified atom stereocenters. The van der Waals surface area contributed by atoms with Crippen molar-refractivity contribution in [2.75, 3.05) is 19.3 Å². The van der Waals surface area contributed by atoms with E-state index in [2.05, 4.69) is 5.32 Å². The molecule has 3 atom stereocenters. The largest absolute Gasteiger partial charge is 0.347 e. The van der Waals surface area contributed by atoms with Crippen LogP contribution < -0.4 is 5.32 Å². The fourth-order valence-corrected chi connectivity index (χ4v) is 6.89. The molecule has 1 aromatic carbocycles. The molecular weight excluding hydrogens is 503 g/mol. The third kappa shape index (κ3) is 5.96. The molecule has 2 amide bonds. The predicted octanol–water partition coefficient (Wildman–Crippen LogP) is 4.79. The number of carbonyl (C=O) groups excluding carboxylic acids is 2. The number of alkyl halides is 1. The van der Waals surface area contributed by atoms with Gasteiger partial charge < -0.3 is 10.2 Å². The summed E-state index contributed by atoms with van der Waals surface area (Å²) in [5.41, 5.74) is -0.748. The molecular formula is C27H36ClFN2O4S. The first-order valence-electron chi connectivity index (χ1n) is 12.8. The SMILES string of the molecule is C[C@H](/C=C\S(C)(=O)=O)NC(=O)C1(F)CCN(C(=O)[C@@H]2CCC3(CCC3)C[C@H]2c2ccccc2Cl)CC1. The lowest BCUT2D eigenvalue weighted by Crippen LogP contribution is -2.55. The summed E-state index contributed by atoms with van der Waals surface area (Å²) in [5, 5.41) is 4.23. The number of hydrogen-bond donors (Lipinski definition) is 1. The van der Waals surface area contributed by atoms with Gasteiger partial charge in [0.2, 0.25) is 5.91 Å². The van der Waals surface area contributed by atoms with E-state index in [0.29, 0.717) is 10.4 Å². The van der Waals surface area contributed by atoms with Crippen molar-refractivity contribution in [2.45, 2.75) is 75.9 Å². The molecule has 0 radical (unpaired) electrons. The van der Waals surface area contributed by atoms with Crippen molar-refractivity contribution < 1.29 is 22.4 Å². The Morgan fingerprint density at radius 3 is 2.42 bits per heavy atom. The van der Waals surface area contributed by atoms with Gasteiger partial charge in [-0.1, -0.05) is 42.3 Å². The Hall–Kier alpha value is -1.93. The van der Waals surface area contributed by atoms with E-state index in [1.165, 1.54) is 25.3 Å². The molecule has 1 heterocycles. The lowest BCUT2D eigenvalue weighted by atomic mass is 9.55. The number of sulfone groups is 1. The number of carbonyl (C=O) groups is 2. The van der Waals surface area contributed by atoms with Gasteiger partial charge in [0.15, 0.2) is 15.5 Å². The highest BCUT2D eigenvalue weighted by Crippen LogP contribution is 2.58. The van der Waals surface area contributed by atoms with Gasteiger partial charge in [-0.3, -0.25) is 9.59 Å². The number of likely N-dealkylation sites (tertiary alicyclic amines) is 1. The normalized spacial score (nSPS) is 26.4. The van der Waals surface area contributed by atoms with E-state index in [4.69, 9.17) is 11.6 Å². The summed E-state index contributed by atoms with van der Waals surface area (Å²) >= 11 is 6.57. The first-order valence-corrected chi connectivity index (χ1v) is 15.2. The van der Waals surface area contributed by atoms with E-state index in [1.807, 2.05) is 24.3 Å². The molecule has 36 heavy (non-hydrogen) atoms. The van der Waals surface area contributed by atoms with Gasteiger partial charge >= 0.3 is 0 Å². The molecule has 3 aliphatic rings. The second-order valence-electron chi connectivity index (χ2n) is 11.0. The number of nitrogens with zero attached hydrogens (tertiary/aromatic N) is 1. The van der Waals surface area contributed by atoms with Crippen molar-refractivity contribution in [3.63, 3.8) is 0 Å². The molecule has 9 heteroatoms. The minimum absolute atomic E-state index is 0.0287. The molecule has 0 aromatic heterocycles. The minimum atomic E-state index is -3.33. The Kier molecular flexibility index (Phi) is 7.87. The first kappa shape index (κ1) is 27.1. The molecule has 1 saturated heterocycles.